The van der Waals surface area contributed by atoms with Gasteiger partial charge in [-0.15, -0.1) is 0 Å². The van der Waals surface area contributed by atoms with E-state index in [0.29, 0.717) is 5.92 Å². The summed E-state index contributed by atoms with van der Waals surface area (Å²) in [5, 5.41) is 34.7. The fraction of sp³-hybridized carbons (Fsp3) is 0.971. The molecule has 1 heterocycles. The molecule has 240 valence electrons. The summed E-state index contributed by atoms with van der Waals surface area (Å²) in [5.74, 6) is 0.0783. The van der Waals surface area contributed by atoms with E-state index in [0.717, 1.165) is 57.8 Å². The second kappa shape index (κ2) is 9.18. The number of aliphatic hydroxyl groups is 3. The van der Waals surface area contributed by atoms with Crippen molar-refractivity contribution in [3.8, 4) is 0 Å². The first kappa shape index (κ1) is 31.3. The Kier molecular flexibility index (Phi) is 6.83. The Morgan fingerprint density at radius 1 is 0.929 bits per heavy atom. The van der Waals surface area contributed by atoms with Gasteiger partial charge in [-0.1, -0.05) is 41.5 Å². The summed E-state index contributed by atoms with van der Waals surface area (Å²) in [4.78, 5) is 12.9. The fourth-order valence-electron chi connectivity index (χ4n) is 12.8. The second-order valence-electron chi connectivity index (χ2n) is 18.1. The topological polar surface area (TPSA) is 122 Å². The van der Waals surface area contributed by atoms with E-state index < -0.39 is 29.5 Å². The summed E-state index contributed by atoms with van der Waals surface area (Å²) in [6, 6.07) is -0.633. The molecule has 0 amide bonds. The Hall–Kier alpha value is -0.730. The maximum atomic E-state index is 12.9. The molecule has 1 aliphatic heterocycles. The molecule has 6 aliphatic rings. The highest BCUT2D eigenvalue weighted by molar-refractivity contribution is 5.76. The van der Waals surface area contributed by atoms with E-state index in [1.807, 2.05) is 27.7 Å². The Balaban J connectivity index is 1.29. The quantitative estimate of drug-likeness (QED) is 0.334. The summed E-state index contributed by atoms with van der Waals surface area (Å²) in [5.41, 5.74) is 4.37. The lowest BCUT2D eigenvalue weighted by Crippen LogP contribution is -2.62. The molecule has 1 saturated heterocycles. The van der Waals surface area contributed by atoms with Gasteiger partial charge in [-0.3, -0.25) is 4.79 Å². The zero-order valence-electron chi connectivity index (χ0n) is 27.7. The third-order valence-electron chi connectivity index (χ3n) is 15.0. The van der Waals surface area contributed by atoms with Gasteiger partial charge in [-0.25, -0.2) is 0 Å². The van der Waals surface area contributed by atoms with Crippen molar-refractivity contribution in [2.75, 3.05) is 0 Å². The minimum atomic E-state index is -0.912. The van der Waals surface area contributed by atoms with Gasteiger partial charge in [0.05, 0.1) is 29.5 Å². The number of nitrogens with two attached hydrogens (primary N) is 1. The van der Waals surface area contributed by atoms with Crippen LogP contribution in [0.1, 0.15) is 120 Å². The lowest BCUT2D eigenvalue weighted by atomic mass is 9.41. The van der Waals surface area contributed by atoms with E-state index in [1.54, 1.807) is 0 Å². The molecular formula is C35H59NO6. The lowest BCUT2D eigenvalue weighted by molar-refractivity contribution is -0.218. The molecule has 6 fully saturated rings. The molecule has 0 radical (unpaired) electrons. The molecule has 2 unspecified atom stereocenters. The van der Waals surface area contributed by atoms with Gasteiger partial charge < -0.3 is 30.5 Å². The molecule has 2 spiro atoms. The van der Waals surface area contributed by atoms with Gasteiger partial charge in [0.25, 0.3) is 0 Å². The van der Waals surface area contributed by atoms with Gasteiger partial charge in [-0.2, -0.15) is 0 Å². The summed E-state index contributed by atoms with van der Waals surface area (Å²) in [6.45, 7) is 18.9. The van der Waals surface area contributed by atoms with E-state index in [-0.39, 0.29) is 63.0 Å². The Labute approximate surface area is 253 Å². The van der Waals surface area contributed by atoms with E-state index >= 15 is 0 Å². The van der Waals surface area contributed by atoms with E-state index in [9.17, 15) is 20.1 Å². The molecular weight excluding hydrogens is 530 g/mol. The largest absolute Gasteiger partial charge is 0.461 e. The molecule has 6 rings (SSSR count). The Bertz CT molecular complexity index is 1120. The van der Waals surface area contributed by atoms with Crippen LogP contribution in [-0.4, -0.2) is 62.9 Å². The third-order valence-corrected chi connectivity index (χ3v) is 15.0. The number of ether oxygens (including phenoxy) is 2. The van der Waals surface area contributed by atoms with E-state index in [4.69, 9.17) is 15.2 Å². The SMILES string of the molecule is CC(C)[C@@H](N)C(=O)O[C@H]1CC[C@]23CC24CC[C@]2(C)[C@@H]([C@@]5(C)CC[C@@H](C(C)(C)O)O5)[C@@H](O)C[C@@]2(C)C4C[C@H](O)[C@H]3C1(C)C. The zero-order valence-corrected chi connectivity index (χ0v) is 27.7. The van der Waals surface area contributed by atoms with Crippen molar-refractivity contribution in [1.29, 1.82) is 0 Å². The predicted octanol–water partition coefficient (Wildman–Crippen LogP) is 4.97. The van der Waals surface area contributed by atoms with Crippen molar-refractivity contribution in [3.05, 3.63) is 0 Å². The highest BCUT2D eigenvalue weighted by Gasteiger charge is 2.85. The summed E-state index contributed by atoms with van der Waals surface area (Å²) < 4.78 is 12.8. The summed E-state index contributed by atoms with van der Waals surface area (Å²) >= 11 is 0. The predicted molar refractivity (Wildman–Crippen MR) is 161 cm³/mol. The molecule has 13 atom stereocenters. The number of fused-ring (bicyclic) bond motifs is 2. The van der Waals surface area contributed by atoms with Crippen LogP contribution in [0.2, 0.25) is 0 Å². The van der Waals surface area contributed by atoms with Gasteiger partial charge in [0.2, 0.25) is 0 Å². The van der Waals surface area contributed by atoms with Crippen LogP contribution >= 0.6 is 0 Å². The average molecular weight is 590 g/mol. The van der Waals surface area contributed by atoms with Crippen LogP contribution in [0, 0.1) is 50.7 Å². The van der Waals surface area contributed by atoms with Crippen molar-refractivity contribution in [3.63, 3.8) is 0 Å². The minimum Gasteiger partial charge on any atom is -0.461 e. The van der Waals surface area contributed by atoms with Crippen molar-refractivity contribution in [2.45, 2.75) is 162 Å². The highest BCUT2D eigenvalue weighted by atomic mass is 16.5. The van der Waals surface area contributed by atoms with Crippen LogP contribution < -0.4 is 5.73 Å². The number of hydrogen-bond donors (Lipinski definition) is 4. The summed E-state index contributed by atoms with van der Waals surface area (Å²) in [6.07, 6.45) is 6.74. The number of carbonyl (C=O) groups excluding carboxylic acids is 1. The van der Waals surface area contributed by atoms with Crippen molar-refractivity contribution in [2.24, 2.45) is 56.5 Å². The first-order valence-corrected chi connectivity index (χ1v) is 16.9. The van der Waals surface area contributed by atoms with Gasteiger partial charge in [0.1, 0.15) is 12.1 Å². The molecule has 0 aromatic carbocycles. The van der Waals surface area contributed by atoms with Crippen LogP contribution in [0.15, 0.2) is 0 Å². The first-order valence-electron chi connectivity index (χ1n) is 16.9. The lowest BCUT2D eigenvalue weighted by Gasteiger charge is -2.64. The van der Waals surface area contributed by atoms with Gasteiger partial charge >= 0.3 is 5.97 Å². The third kappa shape index (κ3) is 3.85. The average Bonchev–Trinajstić information content (AvgIpc) is 3.22. The molecule has 7 heteroatoms. The van der Waals surface area contributed by atoms with E-state index in [1.165, 1.54) is 0 Å². The smallest absolute Gasteiger partial charge is 0.323 e. The Morgan fingerprint density at radius 3 is 2.19 bits per heavy atom. The normalized spacial score (nSPS) is 53.5. The second-order valence-corrected chi connectivity index (χ2v) is 18.1. The minimum absolute atomic E-state index is 0.0129. The van der Waals surface area contributed by atoms with Crippen LogP contribution in [-0.2, 0) is 14.3 Å². The van der Waals surface area contributed by atoms with Crippen molar-refractivity contribution < 1.29 is 29.6 Å². The van der Waals surface area contributed by atoms with Crippen molar-refractivity contribution >= 4 is 5.97 Å². The van der Waals surface area contributed by atoms with Crippen LogP contribution in [0.5, 0.6) is 0 Å². The van der Waals surface area contributed by atoms with E-state index in [2.05, 4.69) is 34.6 Å². The van der Waals surface area contributed by atoms with Gasteiger partial charge in [0, 0.05) is 11.3 Å². The molecule has 5 N–H and O–H groups in total. The molecule has 0 aromatic heterocycles. The number of rotatable bonds is 5. The Morgan fingerprint density at radius 2 is 1.60 bits per heavy atom. The van der Waals surface area contributed by atoms with Gasteiger partial charge in [-0.05, 0) is 118 Å². The monoisotopic (exact) mass is 589 g/mol. The van der Waals surface area contributed by atoms with Crippen LogP contribution in [0.3, 0.4) is 0 Å². The highest BCUT2D eigenvalue weighted by Crippen LogP contribution is 2.89. The number of hydrogen-bond acceptors (Lipinski definition) is 7. The number of carbonyl (C=O) groups is 1. The van der Waals surface area contributed by atoms with Gasteiger partial charge in [0.15, 0.2) is 0 Å². The molecule has 7 nitrogen and oxygen atoms in total. The summed E-state index contributed by atoms with van der Waals surface area (Å²) in [7, 11) is 0. The zero-order chi connectivity index (χ0) is 31.1. The maximum absolute atomic E-state index is 12.9. The fourth-order valence-corrected chi connectivity index (χ4v) is 12.8. The number of aliphatic hydroxyl groups excluding tert-OH is 2. The van der Waals surface area contributed by atoms with Crippen LogP contribution in [0.25, 0.3) is 0 Å². The molecule has 5 aliphatic carbocycles. The molecule has 5 saturated carbocycles. The van der Waals surface area contributed by atoms with Crippen molar-refractivity contribution in [1.82, 2.24) is 0 Å². The molecule has 42 heavy (non-hydrogen) atoms. The first-order chi connectivity index (χ1) is 19.2. The molecule has 0 aromatic rings. The maximum Gasteiger partial charge on any atom is 0.323 e. The standard InChI is InChI=1S/C35H59NO6/c1-19(2)25(36)28(39)41-23-11-13-35-18-34(35)15-14-31(7)27(33(9)12-10-24(42-33)30(5,6)40)21(38)17-32(31,8)22(34)16-20(37)26(35)29(23,3)4/h19-27,37-38,40H,10-18,36H2,1-9H3/t20-,21-,22?,23-,24-,25+,26-,27-,31+,32-,33+,34?,35+/m0/s1. The van der Waals surface area contributed by atoms with Crippen LogP contribution in [0.4, 0.5) is 0 Å². The number of esters is 1. The molecule has 0 bridgehead atoms.